The van der Waals surface area contributed by atoms with Gasteiger partial charge in [0, 0.05) is 17.6 Å². The van der Waals surface area contributed by atoms with E-state index in [1.165, 1.54) is 0 Å². The first kappa shape index (κ1) is 17.9. The average molecular weight is 372 g/mol. The summed E-state index contributed by atoms with van der Waals surface area (Å²) in [6, 6.07) is 14.5. The van der Waals surface area contributed by atoms with E-state index in [1.807, 2.05) is 43.3 Å². The molecular weight excluding hydrogens is 354 g/mol. The van der Waals surface area contributed by atoms with E-state index in [9.17, 15) is 4.79 Å². The Morgan fingerprint density at radius 2 is 2.04 bits per heavy atom. The number of nitrogens with one attached hydrogen (secondary N) is 1. The minimum Gasteiger partial charge on any atom is -0.484 e. The van der Waals surface area contributed by atoms with Gasteiger partial charge in [-0.3, -0.25) is 4.79 Å². The van der Waals surface area contributed by atoms with Crippen LogP contribution in [-0.2, 0) is 4.79 Å². The summed E-state index contributed by atoms with van der Waals surface area (Å²) >= 11 is 5.91. The summed E-state index contributed by atoms with van der Waals surface area (Å²) in [6.45, 7) is 1.89. The summed E-state index contributed by atoms with van der Waals surface area (Å²) in [4.78, 5) is 14.1. The largest absolute Gasteiger partial charge is 0.484 e. The summed E-state index contributed by atoms with van der Waals surface area (Å²) in [5.41, 5.74) is 1.76. The average Bonchev–Trinajstić information content (AvgIpc) is 3.20. The zero-order chi connectivity index (χ0) is 18.5. The van der Waals surface area contributed by atoms with Crippen molar-refractivity contribution in [2.75, 3.05) is 13.7 Å². The monoisotopic (exact) mass is 371 g/mol. The Bertz CT molecular complexity index is 868. The van der Waals surface area contributed by atoms with Crippen molar-refractivity contribution in [3.8, 4) is 17.1 Å². The number of rotatable bonds is 6. The molecule has 3 aromatic rings. The number of amides is 1. The molecular formula is C18H18ClN5O2. The number of benzene rings is 2. The van der Waals surface area contributed by atoms with Crippen molar-refractivity contribution < 1.29 is 9.53 Å². The highest BCUT2D eigenvalue weighted by atomic mass is 35.5. The number of H-pyrrole nitrogens is 1. The molecule has 1 heterocycles. The second kappa shape index (κ2) is 7.97. The van der Waals surface area contributed by atoms with E-state index in [4.69, 9.17) is 16.3 Å². The van der Waals surface area contributed by atoms with E-state index < -0.39 is 0 Å². The molecule has 1 unspecified atom stereocenters. The van der Waals surface area contributed by atoms with Crippen LogP contribution in [0.25, 0.3) is 11.4 Å². The predicted octanol–water partition coefficient (Wildman–Crippen LogP) is 3.12. The predicted molar refractivity (Wildman–Crippen MR) is 97.7 cm³/mol. The van der Waals surface area contributed by atoms with Crippen LogP contribution in [0.15, 0.2) is 48.5 Å². The zero-order valence-electron chi connectivity index (χ0n) is 14.4. The lowest BCUT2D eigenvalue weighted by Crippen LogP contribution is -2.33. The summed E-state index contributed by atoms with van der Waals surface area (Å²) in [5, 5.41) is 14.5. The van der Waals surface area contributed by atoms with Gasteiger partial charge >= 0.3 is 0 Å². The van der Waals surface area contributed by atoms with E-state index in [0.29, 0.717) is 16.6 Å². The third-order valence-corrected chi connectivity index (χ3v) is 4.38. The van der Waals surface area contributed by atoms with Gasteiger partial charge < -0.3 is 9.64 Å². The lowest BCUT2D eigenvalue weighted by Gasteiger charge is -2.25. The van der Waals surface area contributed by atoms with Gasteiger partial charge in [-0.15, -0.1) is 10.2 Å². The molecule has 3 rings (SSSR count). The van der Waals surface area contributed by atoms with Gasteiger partial charge in [-0.1, -0.05) is 35.9 Å². The van der Waals surface area contributed by atoms with E-state index in [0.717, 1.165) is 11.1 Å². The number of tetrazole rings is 1. The molecule has 134 valence electrons. The van der Waals surface area contributed by atoms with Crippen LogP contribution in [-0.4, -0.2) is 45.1 Å². The van der Waals surface area contributed by atoms with E-state index >= 15 is 0 Å². The molecule has 0 aliphatic carbocycles. The fraction of sp³-hybridized carbons (Fsp3) is 0.222. The maximum atomic E-state index is 12.4. The Hall–Kier alpha value is -2.93. The number of carbonyl (C=O) groups is 1. The molecule has 0 fully saturated rings. The van der Waals surface area contributed by atoms with Crippen LogP contribution in [0.1, 0.15) is 18.5 Å². The molecule has 8 heteroatoms. The van der Waals surface area contributed by atoms with Crippen LogP contribution in [0.2, 0.25) is 5.02 Å². The molecule has 1 atom stereocenters. The Kier molecular flexibility index (Phi) is 5.48. The molecule has 0 aliphatic rings. The van der Waals surface area contributed by atoms with Gasteiger partial charge in [0.2, 0.25) is 5.82 Å². The number of ether oxygens (including phenoxy) is 1. The first-order valence-electron chi connectivity index (χ1n) is 8.02. The molecule has 7 nitrogen and oxygen atoms in total. The number of aromatic amines is 1. The lowest BCUT2D eigenvalue weighted by atomic mass is 10.1. The van der Waals surface area contributed by atoms with Crippen molar-refractivity contribution in [1.82, 2.24) is 25.5 Å². The van der Waals surface area contributed by atoms with Gasteiger partial charge in [-0.25, -0.2) is 0 Å². The van der Waals surface area contributed by atoms with Crippen molar-refractivity contribution in [2.45, 2.75) is 13.0 Å². The smallest absolute Gasteiger partial charge is 0.260 e. The van der Waals surface area contributed by atoms with Crippen LogP contribution in [0.5, 0.6) is 5.75 Å². The van der Waals surface area contributed by atoms with Crippen LogP contribution in [0.3, 0.4) is 0 Å². The molecule has 0 radical (unpaired) electrons. The number of aromatic nitrogens is 4. The maximum absolute atomic E-state index is 12.4. The minimum atomic E-state index is -0.127. The Morgan fingerprint density at radius 3 is 2.73 bits per heavy atom. The van der Waals surface area contributed by atoms with E-state index in [2.05, 4.69) is 20.6 Å². The molecule has 0 saturated carbocycles. The highest BCUT2D eigenvalue weighted by Crippen LogP contribution is 2.22. The maximum Gasteiger partial charge on any atom is 0.260 e. The molecule has 2 aromatic carbocycles. The topological polar surface area (TPSA) is 84.0 Å². The minimum absolute atomic E-state index is 0.0654. The van der Waals surface area contributed by atoms with Gasteiger partial charge in [0.15, 0.2) is 6.61 Å². The van der Waals surface area contributed by atoms with Crippen LogP contribution in [0.4, 0.5) is 0 Å². The summed E-state index contributed by atoms with van der Waals surface area (Å²) in [5.74, 6) is 0.904. The van der Waals surface area contributed by atoms with Crippen molar-refractivity contribution in [3.63, 3.8) is 0 Å². The van der Waals surface area contributed by atoms with Crippen molar-refractivity contribution in [2.24, 2.45) is 0 Å². The molecule has 1 N–H and O–H groups in total. The van der Waals surface area contributed by atoms with Gasteiger partial charge in [-0.2, -0.15) is 5.21 Å². The third-order valence-electron chi connectivity index (χ3n) is 4.13. The summed E-state index contributed by atoms with van der Waals surface area (Å²) < 4.78 is 5.63. The fourth-order valence-corrected chi connectivity index (χ4v) is 2.56. The van der Waals surface area contributed by atoms with Gasteiger partial charge in [0.25, 0.3) is 5.91 Å². The highest BCUT2D eigenvalue weighted by Gasteiger charge is 2.18. The van der Waals surface area contributed by atoms with Crippen LogP contribution in [0, 0.1) is 0 Å². The second-order valence-corrected chi connectivity index (χ2v) is 6.22. The molecule has 0 bridgehead atoms. The summed E-state index contributed by atoms with van der Waals surface area (Å²) in [6.07, 6.45) is 0. The Morgan fingerprint density at radius 1 is 1.27 bits per heavy atom. The Balaban J connectivity index is 1.61. The number of nitrogens with zero attached hydrogens (tertiary/aromatic N) is 4. The second-order valence-electron chi connectivity index (χ2n) is 5.78. The first-order chi connectivity index (χ1) is 12.5. The zero-order valence-corrected chi connectivity index (χ0v) is 15.1. The number of hydrogen-bond acceptors (Lipinski definition) is 5. The van der Waals surface area contributed by atoms with Crippen molar-refractivity contribution in [1.29, 1.82) is 0 Å². The van der Waals surface area contributed by atoms with Crippen molar-refractivity contribution >= 4 is 17.5 Å². The number of carbonyl (C=O) groups excluding carboxylic acids is 1. The highest BCUT2D eigenvalue weighted by molar-refractivity contribution is 6.30. The van der Waals surface area contributed by atoms with E-state index in [-0.39, 0.29) is 18.6 Å². The van der Waals surface area contributed by atoms with E-state index in [1.54, 1.807) is 24.1 Å². The number of likely N-dealkylation sites (N-methyl/N-ethyl adjacent to an activating group) is 1. The Labute approximate surface area is 155 Å². The third kappa shape index (κ3) is 4.18. The molecule has 1 aromatic heterocycles. The quantitative estimate of drug-likeness (QED) is 0.719. The summed E-state index contributed by atoms with van der Waals surface area (Å²) in [7, 11) is 1.75. The van der Waals surface area contributed by atoms with Gasteiger partial charge in [0.1, 0.15) is 5.75 Å². The first-order valence-corrected chi connectivity index (χ1v) is 8.40. The van der Waals surface area contributed by atoms with Gasteiger partial charge in [0.05, 0.1) is 6.04 Å². The lowest BCUT2D eigenvalue weighted by molar-refractivity contribution is -0.134. The molecule has 1 amide bonds. The number of halogens is 1. The fourth-order valence-electron chi connectivity index (χ4n) is 2.44. The van der Waals surface area contributed by atoms with Gasteiger partial charge in [-0.05, 0) is 42.0 Å². The molecule has 26 heavy (non-hydrogen) atoms. The van der Waals surface area contributed by atoms with Crippen molar-refractivity contribution in [3.05, 3.63) is 59.1 Å². The molecule has 0 aliphatic heterocycles. The number of hydrogen-bond donors (Lipinski definition) is 1. The standard InChI is InChI=1S/C18H18ClN5O2/c1-12(13-6-8-15(19)9-7-13)24(2)17(25)11-26-16-5-3-4-14(10-16)18-20-22-23-21-18/h3-10,12H,11H2,1-2H3,(H,20,21,22,23). The molecule has 0 spiro atoms. The normalized spacial score (nSPS) is 11.8. The molecule has 0 saturated heterocycles. The van der Waals surface area contributed by atoms with Crippen LogP contribution >= 0.6 is 11.6 Å². The SMILES string of the molecule is CC(c1ccc(Cl)cc1)N(C)C(=O)COc1cccc(-c2nn[nH]n2)c1. The van der Waals surface area contributed by atoms with Crippen LogP contribution < -0.4 is 4.74 Å².